The number of nitrogens with zero attached hydrogens (tertiary/aromatic N) is 1. The van der Waals surface area contributed by atoms with Crippen LogP contribution in [0.1, 0.15) is 0 Å². The third kappa shape index (κ3) is 257. The number of hydrogen-bond donors (Lipinski definition) is 1. The third-order valence-electron chi connectivity index (χ3n) is 0. The molecule has 4 N–H and O–H groups in total. The Bertz CT molecular complexity index is 31.8. The van der Waals surface area contributed by atoms with Gasteiger partial charge in [-0.25, -0.2) is 0 Å². The summed E-state index contributed by atoms with van der Waals surface area (Å²) in [4.78, 5) is 8.25. The molecule has 6 heavy (non-hydrogen) atoms. The Morgan fingerprint density at radius 3 is 1.33 bits per heavy atom. The molecule has 0 aromatic heterocycles. The predicted octanol–water partition coefficient (Wildman–Crippen LogP) is -0.244. The van der Waals surface area contributed by atoms with E-state index in [1.54, 1.807) is 0 Å². The molecule has 0 amide bonds. The molecule has 0 unspecified atom stereocenters. The summed E-state index contributed by atoms with van der Waals surface area (Å²) >= 11 is 0. The van der Waals surface area contributed by atoms with E-state index in [2.05, 4.69) is 0 Å². The van der Waals surface area contributed by atoms with E-state index in [0.29, 0.717) is 0 Å². The van der Waals surface area contributed by atoms with Gasteiger partial charge in [-0.15, -0.1) is 0 Å². The quantitative estimate of drug-likeness (QED) is 0.299. The van der Waals surface area contributed by atoms with Gasteiger partial charge in [0.25, 0.3) is 0 Å². The first-order valence-corrected chi connectivity index (χ1v) is 0.548. The molecule has 0 aromatic carbocycles. The van der Waals surface area contributed by atoms with Gasteiger partial charge < -0.3 is 21.5 Å². The van der Waals surface area contributed by atoms with Crippen LogP contribution in [0.4, 0.5) is 0 Å². The average Bonchev–Trinajstić information content (AvgIpc) is 0.811. The first-order chi connectivity index (χ1) is 1.73. The molecule has 38 valence electrons. The summed E-state index contributed by atoms with van der Waals surface area (Å²) in [6.45, 7) is 0. The largest absolute Gasteiger partial charge is 0.369 e. The van der Waals surface area contributed by atoms with Gasteiger partial charge in [0.2, 0.25) is 0 Å². The molecule has 0 saturated carbocycles. The summed E-state index contributed by atoms with van der Waals surface area (Å²) in [6, 6.07) is 0. The minimum atomic E-state index is -1.75. The third-order valence-corrected chi connectivity index (χ3v) is 0. The van der Waals surface area contributed by atoms with Crippen LogP contribution in [-0.4, -0.2) is 22.2 Å². The minimum absolute atomic E-state index is 0. The monoisotopic (exact) mass is 160 g/mol. The van der Waals surface area contributed by atoms with E-state index >= 15 is 0 Å². The maximum atomic E-state index is 8.25. The second-order valence-electron chi connectivity index (χ2n) is 0.224. The Balaban J connectivity index is -0.0000000450. The molecule has 5 nitrogen and oxygen atoms in total. The van der Waals surface area contributed by atoms with E-state index in [1.165, 1.54) is 0 Å². The first kappa shape index (κ1) is 17.3. The molecule has 0 aromatic rings. The molecule has 0 bridgehead atoms. The molecular weight excluding hydrogens is 155 g/mol. The number of quaternary nitrogens is 1. The smallest absolute Gasteiger partial charge is 0.0689 e. The fourth-order valence-corrected chi connectivity index (χ4v) is 0. The van der Waals surface area contributed by atoms with E-state index in [9.17, 15) is 0 Å². The zero-order valence-electron chi connectivity index (χ0n) is 3.08. The van der Waals surface area contributed by atoms with Crippen molar-refractivity contribution in [3.05, 3.63) is 15.3 Å². The van der Waals surface area contributed by atoms with E-state index in [1.807, 2.05) is 0 Å². The number of hydrogen-bond acceptors (Lipinski definition) is 3. The van der Waals surface area contributed by atoms with Gasteiger partial charge in [0.05, 0.1) is 5.09 Å². The summed E-state index contributed by atoms with van der Waals surface area (Å²) in [5, 5.41) is 14.8. The molecule has 0 atom stereocenters. The zero-order valence-corrected chi connectivity index (χ0v) is 4.79. The topological polar surface area (TPSA) is 103 Å². The summed E-state index contributed by atoms with van der Waals surface area (Å²) in [7, 11) is 0. The van der Waals surface area contributed by atoms with E-state index in [0.717, 1.165) is 0 Å². The van der Waals surface area contributed by atoms with Crippen molar-refractivity contribution in [3.63, 3.8) is 0 Å². The Morgan fingerprint density at radius 2 is 1.33 bits per heavy atom. The summed E-state index contributed by atoms with van der Waals surface area (Å²) in [5.74, 6) is 0. The van der Waals surface area contributed by atoms with Crippen molar-refractivity contribution in [2.24, 2.45) is 0 Å². The van der Waals surface area contributed by atoms with Crippen LogP contribution in [0.15, 0.2) is 0 Å². The normalized spacial score (nSPS) is 4.00. The molecule has 0 aliphatic carbocycles. The fraction of sp³-hybridized carbons (Fsp3) is 0. The second-order valence-corrected chi connectivity index (χ2v) is 0.224. The molecule has 2 radical (unpaired) electrons. The minimum Gasteiger partial charge on any atom is -0.369 e. The SMILES string of the molecule is O=[N+]([O-])[O-].[NH4+].[Se]. The molecule has 0 fully saturated rings. The van der Waals surface area contributed by atoms with Gasteiger partial charge >= 0.3 is 0 Å². The summed E-state index contributed by atoms with van der Waals surface area (Å²) in [6.07, 6.45) is 0. The Kier molecular flexibility index (Phi) is 25.5. The van der Waals surface area contributed by atoms with Gasteiger partial charge in [0.1, 0.15) is 0 Å². The average molecular weight is 159 g/mol. The summed E-state index contributed by atoms with van der Waals surface area (Å²) in [5.41, 5.74) is 0. The van der Waals surface area contributed by atoms with E-state index < -0.39 is 5.09 Å². The standard InChI is InChI=1S/NO3.H3N.Se/c2-1(3)4;;/h;1H3;/q-1;;/p+1. The molecule has 0 spiro atoms. The van der Waals surface area contributed by atoms with Crippen molar-refractivity contribution < 1.29 is 5.09 Å². The Hall–Kier alpha value is -0.321. The van der Waals surface area contributed by atoms with E-state index in [-0.39, 0.29) is 23.2 Å². The number of rotatable bonds is 0. The van der Waals surface area contributed by atoms with Gasteiger partial charge in [0, 0.05) is 17.1 Å². The van der Waals surface area contributed by atoms with Crippen molar-refractivity contribution in [2.45, 2.75) is 0 Å². The van der Waals surface area contributed by atoms with Gasteiger partial charge in [0.15, 0.2) is 0 Å². The Morgan fingerprint density at radius 1 is 1.33 bits per heavy atom. The van der Waals surface area contributed by atoms with Gasteiger partial charge in [-0.3, -0.25) is 0 Å². The predicted molar refractivity (Wildman–Crippen MR) is 22.1 cm³/mol. The maximum absolute atomic E-state index is 8.25. The van der Waals surface area contributed by atoms with Crippen LogP contribution >= 0.6 is 0 Å². The van der Waals surface area contributed by atoms with Crippen molar-refractivity contribution in [3.8, 4) is 0 Å². The van der Waals surface area contributed by atoms with Crippen LogP contribution in [0, 0.1) is 15.3 Å². The first-order valence-electron chi connectivity index (χ1n) is 0.548. The molecule has 0 saturated heterocycles. The summed E-state index contributed by atoms with van der Waals surface area (Å²) < 4.78 is 0. The van der Waals surface area contributed by atoms with Crippen molar-refractivity contribution in [1.29, 1.82) is 0 Å². The maximum Gasteiger partial charge on any atom is 0.0689 e. The molecular formula is H4N2O3Se. The molecule has 0 aliphatic rings. The van der Waals surface area contributed by atoms with Crippen molar-refractivity contribution in [1.82, 2.24) is 6.15 Å². The zero-order chi connectivity index (χ0) is 3.58. The van der Waals surface area contributed by atoms with Gasteiger partial charge in [-0.2, -0.15) is 0 Å². The second kappa shape index (κ2) is 8.82. The van der Waals surface area contributed by atoms with Crippen LogP contribution < -0.4 is 6.15 Å². The van der Waals surface area contributed by atoms with Gasteiger partial charge in [-0.1, -0.05) is 0 Å². The van der Waals surface area contributed by atoms with Crippen molar-refractivity contribution in [2.75, 3.05) is 0 Å². The van der Waals surface area contributed by atoms with Gasteiger partial charge in [-0.05, 0) is 0 Å². The fourth-order valence-electron chi connectivity index (χ4n) is 0. The van der Waals surface area contributed by atoms with E-state index in [4.69, 9.17) is 15.3 Å². The molecule has 0 aliphatic heterocycles. The van der Waals surface area contributed by atoms with Crippen molar-refractivity contribution >= 4 is 17.1 Å². The Labute approximate surface area is 44.5 Å². The van der Waals surface area contributed by atoms with Crippen LogP contribution in [0.5, 0.6) is 0 Å². The molecule has 0 rings (SSSR count). The van der Waals surface area contributed by atoms with Crippen LogP contribution in [0.2, 0.25) is 0 Å². The molecule has 6 heteroatoms. The van der Waals surface area contributed by atoms with Crippen LogP contribution in [0.25, 0.3) is 0 Å². The van der Waals surface area contributed by atoms with Crippen LogP contribution in [0.3, 0.4) is 0 Å². The molecule has 0 heterocycles. The van der Waals surface area contributed by atoms with Crippen LogP contribution in [-0.2, 0) is 0 Å².